The minimum absolute atomic E-state index is 0.0713. The largest absolute Gasteiger partial charge is 0.433 e. The summed E-state index contributed by atoms with van der Waals surface area (Å²) in [6, 6.07) is 4.72. The van der Waals surface area contributed by atoms with Crippen molar-refractivity contribution in [2.45, 2.75) is 38.5 Å². The molecule has 3 rings (SSSR count). The van der Waals surface area contributed by atoms with E-state index >= 15 is 0 Å². The summed E-state index contributed by atoms with van der Waals surface area (Å²) >= 11 is 0. The lowest BCUT2D eigenvalue weighted by atomic mass is 10.1. The third kappa shape index (κ3) is 6.52. The zero-order chi connectivity index (χ0) is 23.5. The number of aryl methyl sites for hydroxylation is 1. The quantitative estimate of drug-likeness (QED) is 0.615. The average Bonchev–Trinajstić information content (AvgIpc) is 3.54. The van der Waals surface area contributed by atoms with Gasteiger partial charge in [0.25, 0.3) is 5.91 Å². The third-order valence-corrected chi connectivity index (χ3v) is 5.61. The molecule has 2 N–H and O–H groups in total. The number of hydrogen-bond acceptors (Lipinski definition) is 6. The lowest BCUT2D eigenvalue weighted by Gasteiger charge is -2.18. The topological polar surface area (TPSA) is 101 Å². The molecule has 2 heterocycles. The van der Waals surface area contributed by atoms with E-state index in [0.717, 1.165) is 42.2 Å². The Kier molecular flexibility index (Phi) is 6.87. The number of amides is 1. The Bertz CT molecular complexity index is 1130. The highest BCUT2D eigenvalue weighted by Crippen LogP contribution is 2.34. The number of aromatic nitrogens is 2. The van der Waals surface area contributed by atoms with Crippen molar-refractivity contribution in [2.75, 3.05) is 11.6 Å². The average molecular weight is 469 g/mol. The molecule has 32 heavy (non-hydrogen) atoms. The second kappa shape index (κ2) is 9.27. The number of carbonyl (C=O) groups excluding carboxylic acids is 1. The molecule has 1 amide bonds. The molecule has 0 spiro atoms. The van der Waals surface area contributed by atoms with Gasteiger partial charge >= 0.3 is 6.18 Å². The highest BCUT2D eigenvalue weighted by atomic mass is 32.2. The summed E-state index contributed by atoms with van der Waals surface area (Å²) in [7, 11) is -3.39. The van der Waals surface area contributed by atoms with Crippen LogP contribution in [0.25, 0.3) is 0 Å². The summed E-state index contributed by atoms with van der Waals surface area (Å²) in [5, 5.41) is 6.54. The van der Waals surface area contributed by atoms with E-state index in [0.29, 0.717) is 5.69 Å². The van der Waals surface area contributed by atoms with E-state index < -0.39 is 33.7 Å². The third-order valence-electron chi connectivity index (χ3n) is 4.95. The summed E-state index contributed by atoms with van der Waals surface area (Å²) in [6.45, 7) is 1.88. The van der Waals surface area contributed by atoms with Gasteiger partial charge in [-0.05, 0) is 49.4 Å². The minimum atomic E-state index is -4.68. The maximum Gasteiger partial charge on any atom is 0.433 e. The van der Waals surface area contributed by atoms with Gasteiger partial charge in [-0.2, -0.15) is 13.2 Å². The van der Waals surface area contributed by atoms with Crippen LogP contribution < -0.4 is 10.6 Å². The zero-order valence-electron chi connectivity index (χ0n) is 17.5. The summed E-state index contributed by atoms with van der Waals surface area (Å²) in [4.78, 5) is 20.7. The maximum atomic E-state index is 13.2. The Morgan fingerprint density at radius 2 is 2.00 bits per heavy atom. The molecular weight excluding hydrogens is 445 g/mol. The van der Waals surface area contributed by atoms with Crippen LogP contribution in [0.2, 0.25) is 0 Å². The van der Waals surface area contributed by atoms with Crippen molar-refractivity contribution in [3.63, 3.8) is 0 Å². The molecule has 0 radical (unpaired) electrons. The van der Waals surface area contributed by atoms with Crippen LogP contribution in [0.4, 0.5) is 19.0 Å². The predicted octanol–water partition coefficient (Wildman–Crippen LogP) is 3.48. The highest BCUT2D eigenvalue weighted by Gasteiger charge is 2.35. The Morgan fingerprint density at radius 3 is 2.59 bits per heavy atom. The molecule has 0 bridgehead atoms. The van der Waals surface area contributed by atoms with Gasteiger partial charge in [-0.15, -0.1) is 0 Å². The molecule has 2 aromatic rings. The van der Waals surface area contributed by atoms with Gasteiger partial charge in [-0.3, -0.25) is 9.78 Å². The van der Waals surface area contributed by atoms with Crippen molar-refractivity contribution in [1.29, 1.82) is 0 Å². The predicted molar refractivity (Wildman–Crippen MR) is 114 cm³/mol. The Hall–Kier alpha value is -2.95. The number of nitrogens with zero attached hydrogens (tertiary/aromatic N) is 2. The van der Waals surface area contributed by atoms with Crippen LogP contribution in [-0.4, -0.2) is 36.6 Å². The molecule has 2 aromatic heterocycles. The van der Waals surface area contributed by atoms with Crippen LogP contribution in [0.3, 0.4) is 0 Å². The van der Waals surface area contributed by atoms with Gasteiger partial charge < -0.3 is 10.6 Å². The lowest BCUT2D eigenvalue weighted by molar-refractivity contribution is -0.141. The molecule has 172 valence electrons. The number of pyridine rings is 2. The lowest BCUT2D eigenvalue weighted by Crippen LogP contribution is -2.35. The first-order valence-corrected chi connectivity index (χ1v) is 11.8. The smallest absolute Gasteiger partial charge is 0.365 e. The number of halogens is 3. The van der Waals surface area contributed by atoms with Crippen LogP contribution in [0.5, 0.6) is 0 Å². The molecule has 0 aromatic carbocycles. The normalized spacial score (nSPS) is 15.5. The Balaban J connectivity index is 1.87. The minimum Gasteiger partial charge on any atom is -0.365 e. The first-order valence-electron chi connectivity index (χ1n) is 9.86. The number of rotatable bonds is 8. The van der Waals surface area contributed by atoms with Crippen molar-refractivity contribution in [3.05, 3.63) is 64.5 Å². The maximum absolute atomic E-state index is 13.2. The van der Waals surface area contributed by atoms with Crippen LogP contribution in [0.1, 0.15) is 40.2 Å². The summed E-state index contributed by atoms with van der Waals surface area (Å²) in [6.07, 6.45) is 0.990. The van der Waals surface area contributed by atoms with Crippen LogP contribution in [-0.2, 0) is 22.6 Å². The molecular formula is C21H23F3N4O3S. The molecule has 0 unspecified atom stereocenters. The monoisotopic (exact) mass is 468 g/mol. The first-order chi connectivity index (χ1) is 14.9. The second-order valence-corrected chi connectivity index (χ2v) is 9.62. The molecule has 0 saturated heterocycles. The van der Waals surface area contributed by atoms with E-state index in [9.17, 15) is 26.4 Å². The molecule has 1 fully saturated rings. The van der Waals surface area contributed by atoms with Gasteiger partial charge in [-0.1, -0.05) is 12.1 Å². The fourth-order valence-corrected chi connectivity index (χ4v) is 3.51. The fraction of sp³-hybridized carbons (Fsp3) is 0.381. The van der Waals surface area contributed by atoms with E-state index in [2.05, 4.69) is 20.6 Å². The van der Waals surface area contributed by atoms with E-state index in [-0.39, 0.29) is 23.8 Å². The number of nitrogens with one attached hydrogen (secondary N) is 2. The van der Waals surface area contributed by atoms with Crippen LogP contribution in [0.15, 0.2) is 41.9 Å². The number of hydrogen-bond donors (Lipinski definition) is 2. The number of anilines is 1. The van der Waals surface area contributed by atoms with Crippen LogP contribution in [0, 0.1) is 12.8 Å². The molecule has 7 nitrogen and oxygen atoms in total. The Morgan fingerprint density at radius 1 is 1.28 bits per heavy atom. The Labute approximate surface area is 184 Å². The van der Waals surface area contributed by atoms with E-state index in [1.165, 1.54) is 6.08 Å². The summed E-state index contributed by atoms with van der Waals surface area (Å²) < 4.78 is 62.5. The standard InChI is InChI=1S/C21H23F3N4O3S/c1-13-15(4-3-10-25-13)12-26-19-16(7-8-18(28-19)21(22,23)24)20(29)27-17(14-5-6-14)9-11-32(2,30)31/h3-4,7-11,14,17H,5-6,12H2,1-2H3,(H,26,28)(H,27,29)/b11-9+/t17-/m1/s1. The summed E-state index contributed by atoms with van der Waals surface area (Å²) in [5.74, 6) is -0.789. The van der Waals surface area contributed by atoms with Gasteiger partial charge in [0, 0.05) is 30.1 Å². The van der Waals surface area contributed by atoms with Gasteiger partial charge in [0.1, 0.15) is 11.5 Å². The molecule has 1 aliphatic carbocycles. The van der Waals surface area contributed by atoms with Crippen molar-refractivity contribution < 1.29 is 26.4 Å². The molecule has 1 atom stereocenters. The molecule has 0 aliphatic heterocycles. The van der Waals surface area contributed by atoms with Gasteiger partial charge in [0.05, 0.1) is 11.6 Å². The second-order valence-electron chi connectivity index (χ2n) is 7.69. The fourth-order valence-electron chi connectivity index (χ4n) is 3.05. The van der Waals surface area contributed by atoms with Crippen molar-refractivity contribution in [1.82, 2.24) is 15.3 Å². The SMILES string of the molecule is Cc1ncccc1CNc1nc(C(F)(F)F)ccc1C(=O)N[C@H](/C=C/S(C)(=O)=O)C1CC1. The van der Waals surface area contributed by atoms with Gasteiger partial charge in [-0.25, -0.2) is 13.4 Å². The first kappa shape index (κ1) is 23.7. The van der Waals surface area contributed by atoms with Crippen molar-refractivity contribution in [2.24, 2.45) is 5.92 Å². The van der Waals surface area contributed by atoms with Gasteiger partial charge in [0.15, 0.2) is 9.84 Å². The molecule has 1 aliphatic rings. The van der Waals surface area contributed by atoms with Crippen molar-refractivity contribution >= 4 is 21.6 Å². The summed E-state index contributed by atoms with van der Waals surface area (Å²) in [5.41, 5.74) is 0.232. The number of alkyl halides is 3. The zero-order valence-corrected chi connectivity index (χ0v) is 18.3. The van der Waals surface area contributed by atoms with Gasteiger partial charge in [0.2, 0.25) is 0 Å². The number of sulfone groups is 1. The van der Waals surface area contributed by atoms with Crippen LogP contribution >= 0.6 is 0 Å². The highest BCUT2D eigenvalue weighted by molar-refractivity contribution is 7.93. The van der Waals surface area contributed by atoms with E-state index in [1.807, 2.05) is 0 Å². The molecule has 1 saturated carbocycles. The molecule has 11 heteroatoms. The van der Waals surface area contributed by atoms with E-state index in [4.69, 9.17) is 0 Å². The van der Waals surface area contributed by atoms with E-state index in [1.54, 1.807) is 25.3 Å². The van der Waals surface area contributed by atoms with Crippen molar-refractivity contribution in [3.8, 4) is 0 Å². The number of carbonyl (C=O) groups is 1.